The Morgan fingerprint density at radius 2 is 1.93 bits per heavy atom. The van der Waals surface area contributed by atoms with E-state index in [1.165, 1.54) is 6.07 Å². The third-order valence-corrected chi connectivity index (χ3v) is 5.52. The van der Waals surface area contributed by atoms with E-state index < -0.39 is 30.1 Å². The highest BCUT2D eigenvalue weighted by atomic mass is 19.4. The van der Waals surface area contributed by atoms with Gasteiger partial charge in [-0.1, -0.05) is 36.4 Å². The van der Waals surface area contributed by atoms with Crippen molar-refractivity contribution in [1.82, 2.24) is 5.32 Å². The van der Waals surface area contributed by atoms with Crippen LogP contribution in [0.2, 0.25) is 0 Å². The number of halogens is 4. The normalized spacial score (nSPS) is 23.7. The Morgan fingerprint density at radius 1 is 1.21 bits per heavy atom. The fourth-order valence-electron chi connectivity index (χ4n) is 3.72. The van der Waals surface area contributed by atoms with Crippen LogP contribution in [0.3, 0.4) is 0 Å². The monoisotopic (exact) mass is 410 g/mol. The minimum Gasteiger partial charge on any atom is -0.372 e. The number of benzene rings is 2. The summed E-state index contributed by atoms with van der Waals surface area (Å²) in [5.41, 5.74) is 6.05. The van der Waals surface area contributed by atoms with E-state index in [1.807, 2.05) is 30.3 Å². The molecule has 3 nitrogen and oxygen atoms in total. The molecule has 1 heterocycles. The molecule has 1 aliphatic rings. The molecule has 7 heteroatoms. The van der Waals surface area contributed by atoms with Crippen LogP contribution in [-0.4, -0.2) is 19.2 Å². The van der Waals surface area contributed by atoms with Gasteiger partial charge >= 0.3 is 6.18 Å². The van der Waals surface area contributed by atoms with Gasteiger partial charge in [0.1, 0.15) is 6.67 Å². The second kappa shape index (κ2) is 8.81. The lowest BCUT2D eigenvalue weighted by molar-refractivity contribution is -0.137. The average molecular weight is 410 g/mol. The SMILES string of the molecule is C[C@@H](OC[C@@]1(c2ccccc2)CC[C@H](N)CN1)c1cc(CF)cc(C(F)(F)F)c1. The van der Waals surface area contributed by atoms with Crippen LogP contribution >= 0.6 is 0 Å². The molecule has 0 radical (unpaired) electrons. The number of nitrogens with one attached hydrogen (secondary N) is 1. The topological polar surface area (TPSA) is 47.3 Å². The summed E-state index contributed by atoms with van der Waals surface area (Å²) in [6.07, 6.45) is -3.59. The average Bonchev–Trinajstić information content (AvgIpc) is 2.73. The molecule has 3 atom stereocenters. The summed E-state index contributed by atoms with van der Waals surface area (Å²) in [6, 6.07) is 13.2. The summed E-state index contributed by atoms with van der Waals surface area (Å²) in [6.45, 7) is 1.62. The maximum atomic E-state index is 13.2. The highest BCUT2D eigenvalue weighted by molar-refractivity contribution is 5.33. The van der Waals surface area contributed by atoms with Crippen LogP contribution < -0.4 is 11.1 Å². The van der Waals surface area contributed by atoms with E-state index in [0.717, 1.165) is 30.5 Å². The molecule has 0 spiro atoms. The molecule has 2 aromatic carbocycles. The first-order valence-electron chi connectivity index (χ1n) is 9.68. The third kappa shape index (κ3) is 5.15. The summed E-state index contributed by atoms with van der Waals surface area (Å²) in [4.78, 5) is 0. The van der Waals surface area contributed by atoms with Crippen LogP contribution in [0.5, 0.6) is 0 Å². The van der Waals surface area contributed by atoms with Gasteiger partial charge in [0.2, 0.25) is 0 Å². The molecule has 0 aromatic heterocycles. The summed E-state index contributed by atoms with van der Waals surface area (Å²) in [7, 11) is 0. The Hall–Kier alpha value is -1.96. The molecule has 0 aliphatic carbocycles. The first kappa shape index (κ1) is 21.7. The highest BCUT2D eigenvalue weighted by Crippen LogP contribution is 2.35. The Kier molecular flexibility index (Phi) is 6.61. The third-order valence-electron chi connectivity index (χ3n) is 5.52. The Morgan fingerprint density at radius 3 is 2.52 bits per heavy atom. The molecular formula is C22H26F4N2O. The molecule has 1 fully saturated rings. The summed E-state index contributed by atoms with van der Waals surface area (Å²) in [5, 5.41) is 3.47. The summed E-state index contributed by atoms with van der Waals surface area (Å²) in [5.74, 6) is 0. The number of hydrogen-bond acceptors (Lipinski definition) is 3. The summed E-state index contributed by atoms with van der Waals surface area (Å²) >= 11 is 0. The van der Waals surface area contributed by atoms with Gasteiger partial charge in [-0.3, -0.25) is 0 Å². The van der Waals surface area contributed by atoms with Crippen molar-refractivity contribution in [3.63, 3.8) is 0 Å². The second-order valence-electron chi connectivity index (χ2n) is 7.68. The zero-order chi connectivity index (χ0) is 21.1. The first-order valence-corrected chi connectivity index (χ1v) is 9.68. The Balaban J connectivity index is 1.81. The molecule has 0 unspecified atom stereocenters. The lowest BCUT2D eigenvalue weighted by Gasteiger charge is -2.41. The number of nitrogens with two attached hydrogens (primary N) is 1. The van der Waals surface area contributed by atoms with Crippen LogP contribution in [0, 0.1) is 0 Å². The number of rotatable bonds is 6. The summed E-state index contributed by atoms with van der Waals surface area (Å²) < 4.78 is 58.6. The largest absolute Gasteiger partial charge is 0.416 e. The molecule has 2 aromatic rings. The van der Waals surface area contributed by atoms with Crippen molar-refractivity contribution in [3.05, 3.63) is 70.8 Å². The molecular weight excluding hydrogens is 384 g/mol. The van der Waals surface area contributed by atoms with Crippen molar-refractivity contribution in [2.75, 3.05) is 13.2 Å². The molecule has 3 rings (SSSR count). The molecule has 0 bridgehead atoms. The van der Waals surface area contributed by atoms with Crippen LogP contribution in [0.4, 0.5) is 17.6 Å². The van der Waals surface area contributed by atoms with Crippen molar-refractivity contribution in [3.8, 4) is 0 Å². The van der Waals surface area contributed by atoms with Gasteiger partial charge in [-0.25, -0.2) is 4.39 Å². The fourth-order valence-corrected chi connectivity index (χ4v) is 3.72. The smallest absolute Gasteiger partial charge is 0.372 e. The van der Waals surface area contributed by atoms with Crippen molar-refractivity contribution >= 4 is 0 Å². The minimum absolute atomic E-state index is 0.00943. The van der Waals surface area contributed by atoms with E-state index in [-0.39, 0.29) is 18.2 Å². The predicted molar refractivity (Wildman–Crippen MR) is 104 cm³/mol. The van der Waals surface area contributed by atoms with E-state index >= 15 is 0 Å². The zero-order valence-electron chi connectivity index (χ0n) is 16.3. The maximum Gasteiger partial charge on any atom is 0.416 e. The van der Waals surface area contributed by atoms with Crippen LogP contribution in [0.15, 0.2) is 48.5 Å². The highest BCUT2D eigenvalue weighted by Gasteiger charge is 2.37. The first-order chi connectivity index (χ1) is 13.7. The molecule has 1 aliphatic heterocycles. The van der Waals surface area contributed by atoms with Crippen molar-refractivity contribution < 1.29 is 22.3 Å². The van der Waals surface area contributed by atoms with Gasteiger partial charge in [0.25, 0.3) is 0 Å². The molecule has 29 heavy (non-hydrogen) atoms. The fraction of sp³-hybridized carbons (Fsp3) is 0.455. The number of piperidine rings is 1. The van der Waals surface area contributed by atoms with Gasteiger partial charge < -0.3 is 15.8 Å². The second-order valence-corrected chi connectivity index (χ2v) is 7.68. The van der Waals surface area contributed by atoms with Crippen molar-refractivity contribution in [2.45, 2.75) is 50.3 Å². The number of ether oxygens (including phenoxy) is 1. The van der Waals surface area contributed by atoms with Crippen molar-refractivity contribution in [1.29, 1.82) is 0 Å². The van der Waals surface area contributed by atoms with Gasteiger partial charge in [0.15, 0.2) is 0 Å². The van der Waals surface area contributed by atoms with Crippen LogP contribution in [0.25, 0.3) is 0 Å². The lowest BCUT2D eigenvalue weighted by Crippen LogP contribution is -2.55. The lowest BCUT2D eigenvalue weighted by atomic mass is 9.81. The molecule has 3 N–H and O–H groups in total. The van der Waals surface area contributed by atoms with E-state index in [0.29, 0.717) is 12.1 Å². The molecule has 0 amide bonds. The quantitative estimate of drug-likeness (QED) is 0.669. The van der Waals surface area contributed by atoms with Crippen molar-refractivity contribution in [2.24, 2.45) is 5.73 Å². The Labute approximate surface area is 168 Å². The van der Waals surface area contributed by atoms with Gasteiger partial charge in [0, 0.05) is 12.6 Å². The van der Waals surface area contributed by atoms with Gasteiger partial charge in [0.05, 0.1) is 23.8 Å². The Bertz CT molecular complexity index is 802. The standard InChI is InChI=1S/C22H26F4N2O/c1-15(17-9-16(12-23)10-19(11-17)22(24,25)26)29-14-21(8-7-20(27)13-28-21)18-5-3-2-4-6-18/h2-6,9-11,15,20,28H,7-8,12-14,27H2,1H3/t15-,20+,21-/m1/s1. The maximum absolute atomic E-state index is 13.2. The van der Waals surface area contributed by atoms with E-state index in [4.69, 9.17) is 10.5 Å². The molecule has 0 saturated carbocycles. The molecule has 1 saturated heterocycles. The van der Waals surface area contributed by atoms with Gasteiger partial charge in [-0.2, -0.15) is 13.2 Å². The number of alkyl halides is 4. The van der Waals surface area contributed by atoms with Crippen LogP contribution in [0.1, 0.15) is 48.1 Å². The predicted octanol–water partition coefficient (Wildman–Crippen LogP) is 4.86. The minimum atomic E-state index is -4.54. The van der Waals surface area contributed by atoms with Gasteiger partial charge in [-0.05, 0) is 48.6 Å². The van der Waals surface area contributed by atoms with E-state index in [2.05, 4.69) is 5.32 Å². The van der Waals surface area contributed by atoms with Crippen LogP contribution in [-0.2, 0) is 23.1 Å². The van der Waals surface area contributed by atoms with Gasteiger partial charge in [-0.15, -0.1) is 0 Å². The van der Waals surface area contributed by atoms with E-state index in [1.54, 1.807) is 6.92 Å². The van der Waals surface area contributed by atoms with E-state index in [9.17, 15) is 17.6 Å². The molecule has 158 valence electrons. The number of hydrogen-bond donors (Lipinski definition) is 2. The zero-order valence-corrected chi connectivity index (χ0v) is 16.3.